The number of carbonyl (C=O) groups excluding carboxylic acids is 2. The first kappa shape index (κ1) is 20.8. The molecule has 0 bridgehead atoms. The Hall–Kier alpha value is -3.44. The van der Waals surface area contributed by atoms with Crippen LogP contribution in [0.3, 0.4) is 0 Å². The van der Waals surface area contributed by atoms with E-state index in [4.69, 9.17) is 4.74 Å². The summed E-state index contributed by atoms with van der Waals surface area (Å²) in [6, 6.07) is 12.3. The van der Waals surface area contributed by atoms with Crippen molar-refractivity contribution in [2.75, 3.05) is 23.5 Å². The lowest BCUT2D eigenvalue weighted by Gasteiger charge is -2.07. The number of hydrogen-bond donors (Lipinski definition) is 2. The zero-order valence-electron chi connectivity index (χ0n) is 16.7. The van der Waals surface area contributed by atoms with E-state index in [0.29, 0.717) is 21.5 Å². The molecule has 0 aliphatic heterocycles. The molecule has 0 saturated carbocycles. The van der Waals surface area contributed by atoms with Gasteiger partial charge in [-0.2, -0.15) is 0 Å². The topological polar surface area (TPSA) is 111 Å². The molecule has 0 spiro atoms. The molecule has 2 aromatic carbocycles. The average Bonchev–Trinajstić information content (AvgIpc) is 3.36. The lowest BCUT2D eigenvalue weighted by Crippen LogP contribution is -2.16. The minimum absolute atomic E-state index is 0.179. The Morgan fingerprint density at radius 2 is 2.06 bits per heavy atom. The van der Waals surface area contributed by atoms with Crippen LogP contribution in [0.2, 0.25) is 0 Å². The number of amides is 2. The van der Waals surface area contributed by atoms with Crippen molar-refractivity contribution in [2.45, 2.75) is 5.16 Å². The van der Waals surface area contributed by atoms with Crippen molar-refractivity contribution in [3.05, 3.63) is 54.4 Å². The number of aromatic nitrogens is 4. The van der Waals surface area contributed by atoms with Gasteiger partial charge in [0.2, 0.25) is 5.91 Å². The van der Waals surface area contributed by atoms with E-state index < -0.39 is 0 Å². The average molecular weight is 455 g/mol. The third-order valence-electron chi connectivity index (χ3n) is 4.23. The molecule has 2 amide bonds. The van der Waals surface area contributed by atoms with Gasteiger partial charge in [-0.05, 0) is 36.4 Å². The van der Waals surface area contributed by atoms with Crippen molar-refractivity contribution < 1.29 is 14.3 Å². The number of rotatable bonds is 7. The number of nitrogens with zero attached hydrogens (tertiary/aromatic N) is 4. The molecule has 2 aromatic heterocycles. The fourth-order valence-electron chi connectivity index (χ4n) is 2.72. The number of fused-ring (bicyclic) bond motifs is 1. The van der Waals surface area contributed by atoms with Crippen molar-refractivity contribution in [3.63, 3.8) is 0 Å². The summed E-state index contributed by atoms with van der Waals surface area (Å²) in [7, 11) is 3.41. The van der Waals surface area contributed by atoms with Crippen LogP contribution in [-0.2, 0) is 11.8 Å². The monoisotopic (exact) mass is 454 g/mol. The maximum atomic E-state index is 12.7. The normalized spacial score (nSPS) is 10.8. The number of ether oxygens (including phenoxy) is 1. The van der Waals surface area contributed by atoms with Gasteiger partial charge in [-0.15, -0.1) is 10.2 Å². The van der Waals surface area contributed by atoms with Crippen LogP contribution in [0.25, 0.3) is 10.2 Å². The van der Waals surface area contributed by atoms with Crippen molar-refractivity contribution >= 4 is 55.9 Å². The van der Waals surface area contributed by atoms with E-state index in [0.717, 1.165) is 16.0 Å². The highest BCUT2D eigenvalue weighted by atomic mass is 32.2. The van der Waals surface area contributed by atoms with E-state index in [1.165, 1.54) is 23.1 Å². The smallest absolute Gasteiger partial charge is 0.257 e. The number of anilines is 2. The Balaban J connectivity index is 1.39. The van der Waals surface area contributed by atoms with Gasteiger partial charge in [-0.3, -0.25) is 14.9 Å². The molecule has 2 N–H and O–H groups in total. The second-order valence-corrected chi connectivity index (χ2v) is 8.42. The Morgan fingerprint density at radius 3 is 2.84 bits per heavy atom. The number of aryl methyl sites for hydroxylation is 1. The maximum absolute atomic E-state index is 12.7. The zero-order chi connectivity index (χ0) is 21.8. The van der Waals surface area contributed by atoms with Gasteiger partial charge in [0.1, 0.15) is 12.1 Å². The summed E-state index contributed by atoms with van der Waals surface area (Å²) >= 11 is 2.64. The van der Waals surface area contributed by atoms with Crippen LogP contribution < -0.4 is 15.4 Å². The zero-order valence-corrected chi connectivity index (χ0v) is 18.3. The van der Waals surface area contributed by atoms with E-state index >= 15 is 0 Å². The number of thioether (sulfide) groups is 1. The van der Waals surface area contributed by atoms with Crippen LogP contribution in [0.1, 0.15) is 10.4 Å². The van der Waals surface area contributed by atoms with Gasteiger partial charge in [0.25, 0.3) is 5.91 Å². The van der Waals surface area contributed by atoms with Crippen molar-refractivity contribution in [2.24, 2.45) is 7.05 Å². The standard InChI is InChI=1S/C20H18N6O3S2/c1-26-11-21-25-20(26)30-10-17(27)22-13-5-3-4-12(8-13)18(28)24-19-23-15-7-6-14(29-2)9-16(15)31-19/h3-9,11H,10H2,1-2H3,(H,22,27)(H,23,24,28). The van der Waals surface area contributed by atoms with Crippen LogP contribution in [0.4, 0.5) is 10.8 Å². The Labute approximate surface area is 185 Å². The molecule has 31 heavy (non-hydrogen) atoms. The second-order valence-electron chi connectivity index (χ2n) is 6.45. The first-order valence-corrected chi connectivity index (χ1v) is 10.9. The highest BCUT2D eigenvalue weighted by Gasteiger charge is 2.12. The van der Waals surface area contributed by atoms with Gasteiger partial charge < -0.3 is 14.6 Å². The maximum Gasteiger partial charge on any atom is 0.257 e. The van der Waals surface area contributed by atoms with E-state index in [9.17, 15) is 9.59 Å². The molecule has 0 aliphatic rings. The van der Waals surface area contributed by atoms with Gasteiger partial charge >= 0.3 is 0 Å². The fraction of sp³-hybridized carbons (Fsp3) is 0.150. The van der Waals surface area contributed by atoms with E-state index in [1.54, 1.807) is 42.3 Å². The molecular weight excluding hydrogens is 436 g/mol. The molecule has 0 fully saturated rings. The number of carbonyl (C=O) groups is 2. The summed E-state index contributed by atoms with van der Waals surface area (Å²) in [6.07, 6.45) is 1.57. The van der Waals surface area contributed by atoms with Gasteiger partial charge in [0.05, 0.1) is 23.1 Å². The number of nitrogens with one attached hydrogen (secondary N) is 2. The van der Waals surface area contributed by atoms with Crippen molar-refractivity contribution in [3.8, 4) is 5.75 Å². The third kappa shape index (κ3) is 5.01. The highest BCUT2D eigenvalue weighted by Crippen LogP contribution is 2.29. The van der Waals surface area contributed by atoms with Crippen LogP contribution in [0.15, 0.2) is 53.9 Å². The molecule has 0 unspecified atom stereocenters. The van der Waals surface area contributed by atoms with E-state index in [-0.39, 0.29) is 17.6 Å². The SMILES string of the molecule is COc1ccc2nc(NC(=O)c3cccc(NC(=O)CSc4nncn4C)c3)sc2c1. The summed E-state index contributed by atoms with van der Waals surface area (Å²) in [6.45, 7) is 0. The highest BCUT2D eigenvalue weighted by molar-refractivity contribution is 7.99. The molecule has 4 aromatic rings. The first-order chi connectivity index (χ1) is 15.0. The third-order valence-corrected chi connectivity index (χ3v) is 6.19. The lowest BCUT2D eigenvalue weighted by molar-refractivity contribution is -0.113. The molecule has 11 heteroatoms. The van der Waals surface area contributed by atoms with Crippen LogP contribution >= 0.6 is 23.1 Å². The minimum atomic E-state index is -0.310. The molecule has 4 rings (SSSR count). The largest absolute Gasteiger partial charge is 0.497 e. The summed E-state index contributed by atoms with van der Waals surface area (Å²) in [5, 5.41) is 14.4. The van der Waals surface area contributed by atoms with Crippen molar-refractivity contribution in [1.29, 1.82) is 0 Å². The van der Waals surface area contributed by atoms with E-state index in [1.807, 2.05) is 25.2 Å². The molecule has 0 atom stereocenters. The number of hydrogen-bond acceptors (Lipinski definition) is 8. The number of methoxy groups -OCH3 is 1. The van der Waals surface area contributed by atoms with Gasteiger partial charge in [-0.1, -0.05) is 29.2 Å². The summed E-state index contributed by atoms with van der Waals surface area (Å²) in [5.41, 5.74) is 1.73. The predicted octanol–water partition coefficient (Wildman–Crippen LogP) is 3.42. The lowest BCUT2D eigenvalue weighted by atomic mass is 10.2. The Kier molecular flexibility index (Phi) is 6.14. The van der Waals surface area contributed by atoms with Gasteiger partial charge in [0, 0.05) is 18.3 Å². The molecule has 0 radical (unpaired) electrons. The fourth-order valence-corrected chi connectivity index (χ4v) is 4.30. The Morgan fingerprint density at radius 1 is 1.19 bits per heavy atom. The number of thiazole rings is 1. The first-order valence-electron chi connectivity index (χ1n) is 9.14. The minimum Gasteiger partial charge on any atom is -0.497 e. The van der Waals surface area contributed by atoms with Gasteiger partial charge in [0.15, 0.2) is 10.3 Å². The molecule has 158 valence electrons. The van der Waals surface area contributed by atoms with Crippen LogP contribution in [0.5, 0.6) is 5.75 Å². The summed E-state index contributed by atoms with van der Waals surface area (Å²) < 4.78 is 7.87. The quantitative estimate of drug-likeness (QED) is 0.412. The molecular formula is C20H18N6O3S2. The summed E-state index contributed by atoms with van der Waals surface area (Å²) in [4.78, 5) is 29.3. The second kappa shape index (κ2) is 9.14. The van der Waals surface area contributed by atoms with Crippen molar-refractivity contribution in [1.82, 2.24) is 19.7 Å². The van der Waals surface area contributed by atoms with E-state index in [2.05, 4.69) is 25.8 Å². The Bertz CT molecular complexity index is 1250. The molecule has 0 aliphatic carbocycles. The predicted molar refractivity (Wildman–Crippen MR) is 121 cm³/mol. The van der Waals surface area contributed by atoms with Crippen LogP contribution in [0, 0.1) is 0 Å². The summed E-state index contributed by atoms with van der Waals surface area (Å²) in [5.74, 6) is 0.397. The molecule has 2 heterocycles. The van der Waals surface area contributed by atoms with Crippen LogP contribution in [-0.4, -0.2) is 44.4 Å². The number of benzene rings is 2. The molecule has 9 nitrogen and oxygen atoms in total. The molecule has 0 saturated heterocycles. The van der Waals surface area contributed by atoms with Gasteiger partial charge in [-0.25, -0.2) is 4.98 Å².